The highest BCUT2D eigenvalue weighted by molar-refractivity contribution is 5.81. The van der Waals surface area contributed by atoms with Gasteiger partial charge >= 0.3 is 0 Å². The van der Waals surface area contributed by atoms with Crippen molar-refractivity contribution in [2.75, 3.05) is 13.1 Å². The van der Waals surface area contributed by atoms with E-state index in [2.05, 4.69) is 36.6 Å². The van der Waals surface area contributed by atoms with Gasteiger partial charge in [0.1, 0.15) is 0 Å². The fourth-order valence-electron chi connectivity index (χ4n) is 2.84. The summed E-state index contributed by atoms with van der Waals surface area (Å²) in [5.74, 6) is 1.20. The maximum Gasteiger partial charge on any atom is 0.237 e. The van der Waals surface area contributed by atoms with E-state index >= 15 is 0 Å². The smallest absolute Gasteiger partial charge is 0.237 e. The van der Waals surface area contributed by atoms with Gasteiger partial charge in [-0.1, -0.05) is 50.6 Å². The fourth-order valence-corrected chi connectivity index (χ4v) is 2.84. The highest BCUT2D eigenvalue weighted by Gasteiger charge is 2.25. The molecular formula is C17H26N2O. The molecule has 1 heterocycles. The van der Waals surface area contributed by atoms with E-state index < -0.39 is 0 Å². The van der Waals surface area contributed by atoms with E-state index in [0.717, 1.165) is 13.0 Å². The molecule has 2 N–H and O–H groups in total. The van der Waals surface area contributed by atoms with Crippen LogP contribution in [0.1, 0.15) is 44.6 Å². The molecule has 3 heteroatoms. The molecule has 0 aromatic heterocycles. The Labute approximate surface area is 122 Å². The molecule has 1 aromatic rings. The zero-order valence-electron chi connectivity index (χ0n) is 12.6. The molecule has 1 fully saturated rings. The molecule has 1 aliphatic rings. The largest absolute Gasteiger partial charge is 0.354 e. The van der Waals surface area contributed by atoms with Crippen LogP contribution in [0.5, 0.6) is 0 Å². The lowest BCUT2D eigenvalue weighted by molar-refractivity contribution is -0.124. The van der Waals surface area contributed by atoms with Crippen molar-refractivity contribution in [2.24, 2.45) is 5.92 Å². The molecule has 0 saturated carbocycles. The molecule has 20 heavy (non-hydrogen) atoms. The zero-order chi connectivity index (χ0) is 14.4. The first-order valence-corrected chi connectivity index (χ1v) is 7.76. The summed E-state index contributed by atoms with van der Waals surface area (Å²) in [6, 6.07) is 10.3. The number of rotatable bonds is 5. The average Bonchev–Trinajstić information content (AvgIpc) is 2.53. The van der Waals surface area contributed by atoms with Crippen LogP contribution in [0.2, 0.25) is 0 Å². The second kappa shape index (κ2) is 7.44. The SMILES string of the molecule is CCC1CCNC(C(=O)NCC(C)c2ccccc2)C1. The van der Waals surface area contributed by atoms with Crippen molar-refractivity contribution in [1.29, 1.82) is 0 Å². The molecule has 0 radical (unpaired) electrons. The Balaban J connectivity index is 1.80. The summed E-state index contributed by atoms with van der Waals surface area (Å²) >= 11 is 0. The Bertz CT molecular complexity index is 418. The van der Waals surface area contributed by atoms with Gasteiger partial charge in [-0.25, -0.2) is 0 Å². The number of piperidine rings is 1. The van der Waals surface area contributed by atoms with Gasteiger partial charge in [-0.3, -0.25) is 4.79 Å². The maximum absolute atomic E-state index is 12.2. The standard InChI is InChI=1S/C17H26N2O/c1-3-14-9-10-18-16(11-14)17(20)19-12-13(2)15-7-5-4-6-8-15/h4-8,13-14,16,18H,3,9-12H2,1-2H3,(H,19,20). The number of amides is 1. The van der Waals surface area contributed by atoms with E-state index in [9.17, 15) is 4.79 Å². The third-order valence-corrected chi connectivity index (χ3v) is 4.36. The quantitative estimate of drug-likeness (QED) is 0.867. The topological polar surface area (TPSA) is 41.1 Å². The zero-order valence-corrected chi connectivity index (χ0v) is 12.6. The second-order valence-corrected chi connectivity index (χ2v) is 5.86. The summed E-state index contributed by atoms with van der Waals surface area (Å²) < 4.78 is 0. The minimum Gasteiger partial charge on any atom is -0.354 e. The second-order valence-electron chi connectivity index (χ2n) is 5.86. The van der Waals surface area contributed by atoms with Crippen molar-refractivity contribution in [1.82, 2.24) is 10.6 Å². The van der Waals surface area contributed by atoms with Crippen molar-refractivity contribution in [2.45, 2.75) is 45.1 Å². The lowest BCUT2D eigenvalue weighted by atomic mass is 9.90. The van der Waals surface area contributed by atoms with Gasteiger partial charge in [0.25, 0.3) is 0 Å². The summed E-state index contributed by atoms with van der Waals surface area (Å²) in [5, 5.41) is 6.43. The van der Waals surface area contributed by atoms with Crippen molar-refractivity contribution in [3.63, 3.8) is 0 Å². The van der Waals surface area contributed by atoms with Gasteiger partial charge in [0, 0.05) is 6.54 Å². The summed E-state index contributed by atoms with van der Waals surface area (Å²) in [4.78, 5) is 12.2. The molecule has 1 saturated heterocycles. The van der Waals surface area contributed by atoms with Crippen LogP contribution in [-0.2, 0) is 4.79 Å². The van der Waals surface area contributed by atoms with Crippen molar-refractivity contribution in [3.05, 3.63) is 35.9 Å². The molecule has 2 rings (SSSR count). The maximum atomic E-state index is 12.2. The van der Waals surface area contributed by atoms with E-state index in [4.69, 9.17) is 0 Å². The average molecular weight is 274 g/mol. The number of hydrogen-bond donors (Lipinski definition) is 2. The van der Waals surface area contributed by atoms with Crippen LogP contribution in [0.25, 0.3) is 0 Å². The van der Waals surface area contributed by atoms with E-state index in [1.165, 1.54) is 18.4 Å². The molecule has 3 unspecified atom stereocenters. The Kier molecular flexibility index (Phi) is 5.60. The molecule has 1 aliphatic heterocycles. The molecule has 1 amide bonds. The minimum atomic E-state index is -0.00308. The van der Waals surface area contributed by atoms with Crippen LogP contribution in [0.15, 0.2) is 30.3 Å². The van der Waals surface area contributed by atoms with Crippen molar-refractivity contribution in [3.8, 4) is 0 Å². The summed E-state index contributed by atoms with van der Waals surface area (Å²) in [6.45, 7) is 6.03. The molecule has 1 aromatic carbocycles. The Morgan fingerprint density at radius 1 is 1.40 bits per heavy atom. The monoisotopic (exact) mass is 274 g/mol. The molecule has 3 nitrogen and oxygen atoms in total. The summed E-state index contributed by atoms with van der Waals surface area (Å²) in [7, 11) is 0. The van der Waals surface area contributed by atoms with Gasteiger partial charge in [0.2, 0.25) is 5.91 Å². The predicted molar refractivity (Wildman–Crippen MR) is 82.7 cm³/mol. The Hall–Kier alpha value is -1.35. The third kappa shape index (κ3) is 4.07. The highest BCUT2D eigenvalue weighted by atomic mass is 16.2. The number of carbonyl (C=O) groups is 1. The Morgan fingerprint density at radius 2 is 2.15 bits per heavy atom. The van der Waals surface area contributed by atoms with E-state index in [-0.39, 0.29) is 11.9 Å². The predicted octanol–water partition coefficient (Wildman–Crippen LogP) is 2.68. The van der Waals surface area contributed by atoms with E-state index in [0.29, 0.717) is 18.4 Å². The van der Waals surface area contributed by atoms with Gasteiger partial charge in [-0.15, -0.1) is 0 Å². The van der Waals surface area contributed by atoms with Crippen LogP contribution in [-0.4, -0.2) is 25.0 Å². The van der Waals surface area contributed by atoms with E-state index in [1.807, 2.05) is 18.2 Å². The molecule has 0 spiro atoms. The van der Waals surface area contributed by atoms with Crippen LogP contribution in [0.4, 0.5) is 0 Å². The molecule has 3 atom stereocenters. The van der Waals surface area contributed by atoms with Gasteiger partial charge in [-0.2, -0.15) is 0 Å². The normalized spacial score (nSPS) is 24.1. The highest BCUT2D eigenvalue weighted by Crippen LogP contribution is 2.19. The third-order valence-electron chi connectivity index (χ3n) is 4.36. The lowest BCUT2D eigenvalue weighted by Gasteiger charge is -2.29. The molecule has 0 aliphatic carbocycles. The van der Waals surface area contributed by atoms with Crippen molar-refractivity contribution < 1.29 is 4.79 Å². The lowest BCUT2D eigenvalue weighted by Crippen LogP contribution is -2.49. The molecule has 110 valence electrons. The molecular weight excluding hydrogens is 248 g/mol. The number of nitrogens with one attached hydrogen (secondary N) is 2. The molecule has 0 bridgehead atoms. The summed E-state index contributed by atoms with van der Waals surface area (Å²) in [6.07, 6.45) is 3.34. The van der Waals surface area contributed by atoms with Crippen LogP contribution in [0, 0.1) is 5.92 Å². The number of carbonyl (C=O) groups excluding carboxylic acids is 1. The first-order chi connectivity index (χ1) is 9.70. The van der Waals surface area contributed by atoms with Gasteiger partial charge in [0.15, 0.2) is 0 Å². The summed E-state index contributed by atoms with van der Waals surface area (Å²) in [5.41, 5.74) is 1.27. The fraction of sp³-hybridized carbons (Fsp3) is 0.588. The van der Waals surface area contributed by atoms with E-state index in [1.54, 1.807) is 0 Å². The van der Waals surface area contributed by atoms with Gasteiger partial charge in [-0.05, 0) is 36.8 Å². The van der Waals surface area contributed by atoms with Crippen LogP contribution < -0.4 is 10.6 Å². The van der Waals surface area contributed by atoms with Crippen molar-refractivity contribution >= 4 is 5.91 Å². The van der Waals surface area contributed by atoms with Gasteiger partial charge in [0.05, 0.1) is 6.04 Å². The first kappa shape index (κ1) is 15.0. The Morgan fingerprint density at radius 3 is 2.85 bits per heavy atom. The number of hydrogen-bond acceptors (Lipinski definition) is 2. The minimum absolute atomic E-state index is 0.00308. The first-order valence-electron chi connectivity index (χ1n) is 7.76. The number of benzene rings is 1. The van der Waals surface area contributed by atoms with Crippen LogP contribution in [0.3, 0.4) is 0 Å². The van der Waals surface area contributed by atoms with Gasteiger partial charge < -0.3 is 10.6 Å². The van der Waals surface area contributed by atoms with Crippen LogP contribution >= 0.6 is 0 Å².